The Bertz CT molecular complexity index is 360. The van der Waals surface area contributed by atoms with E-state index in [0.29, 0.717) is 32.4 Å². The number of hydrogen-bond donors (Lipinski definition) is 1. The van der Waals surface area contributed by atoms with Crippen molar-refractivity contribution in [2.45, 2.75) is 64.0 Å². The largest absolute Gasteiger partial charge is 0.378 e. The zero-order chi connectivity index (χ0) is 14.6. The van der Waals surface area contributed by atoms with Crippen molar-refractivity contribution in [2.24, 2.45) is 0 Å². The fourth-order valence-electron chi connectivity index (χ4n) is 3.14. The molecule has 114 valence electrons. The highest BCUT2D eigenvalue weighted by Gasteiger charge is 2.41. The summed E-state index contributed by atoms with van der Waals surface area (Å²) in [4.78, 5) is 26.5. The molecule has 2 rings (SSSR count). The van der Waals surface area contributed by atoms with Gasteiger partial charge in [-0.3, -0.25) is 9.59 Å². The minimum absolute atomic E-state index is 0.0123. The zero-order valence-electron chi connectivity index (χ0n) is 12.6. The van der Waals surface area contributed by atoms with Gasteiger partial charge < -0.3 is 15.0 Å². The first-order valence-electron chi connectivity index (χ1n) is 7.83. The molecule has 5 nitrogen and oxygen atoms in total. The molecule has 2 fully saturated rings. The Labute approximate surface area is 121 Å². The lowest BCUT2D eigenvalue weighted by molar-refractivity contribution is -0.139. The van der Waals surface area contributed by atoms with Gasteiger partial charge in [-0.2, -0.15) is 0 Å². The van der Waals surface area contributed by atoms with Gasteiger partial charge in [-0.15, -0.1) is 0 Å². The minimum atomic E-state index is -0.704. The van der Waals surface area contributed by atoms with Crippen LogP contribution in [-0.4, -0.2) is 48.1 Å². The highest BCUT2D eigenvalue weighted by atomic mass is 16.5. The summed E-state index contributed by atoms with van der Waals surface area (Å²) in [6.45, 7) is 5.99. The van der Waals surface area contributed by atoms with E-state index < -0.39 is 5.54 Å². The maximum atomic E-state index is 12.8. The normalized spacial score (nSPS) is 26.5. The first-order chi connectivity index (χ1) is 9.61. The van der Waals surface area contributed by atoms with Gasteiger partial charge >= 0.3 is 0 Å². The molecule has 0 aromatic rings. The minimum Gasteiger partial charge on any atom is -0.378 e. The summed E-state index contributed by atoms with van der Waals surface area (Å²) in [5, 5.41) is 2.94. The smallest absolute Gasteiger partial charge is 0.248 e. The molecule has 0 spiro atoms. The van der Waals surface area contributed by atoms with Gasteiger partial charge in [0.25, 0.3) is 0 Å². The summed E-state index contributed by atoms with van der Waals surface area (Å²) < 4.78 is 5.62. The van der Waals surface area contributed by atoms with Crippen molar-refractivity contribution in [2.75, 3.05) is 19.7 Å². The van der Waals surface area contributed by atoms with Crippen molar-refractivity contribution >= 4 is 11.8 Å². The Morgan fingerprint density at radius 2 is 2.10 bits per heavy atom. The molecular formula is C15H26N2O3. The maximum Gasteiger partial charge on any atom is 0.248 e. The molecule has 2 heterocycles. The van der Waals surface area contributed by atoms with E-state index in [1.54, 1.807) is 0 Å². The Morgan fingerprint density at radius 1 is 1.35 bits per heavy atom. The monoisotopic (exact) mass is 282 g/mol. The van der Waals surface area contributed by atoms with E-state index in [4.69, 9.17) is 4.74 Å². The molecule has 2 amide bonds. The topological polar surface area (TPSA) is 58.6 Å². The van der Waals surface area contributed by atoms with E-state index in [-0.39, 0.29) is 17.9 Å². The number of amides is 2. The van der Waals surface area contributed by atoms with E-state index >= 15 is 0 Å². The average Bonchev–Trinajstić information content (AvgIpc) is 2.93. The second-order valence-electron chi connectivity index (χ2n) is 5.80. The van der Waals surface area contributed by atoms with E-state index in [1.165, 1.54) is 0 Å². The molecule has 2 saturated heterocycles. The quantitative estimate of drug-likeness (QED) is 0.830. The van der Waals surface area contributed by atoms with Gasteiger partial charge in [-0.25, -0.2) is 0 Å². The first-order valence-corrected chi connectivity index (χ1v) is 7.83. The van der Waals surface area contributed by atoms with Crippen LogP contribution in [0.5, 0.6) is 0 Å². The molecule has 2 aliphatic rings. The van der Waals surface area contributed by atoms with Gasteiger partial charge in [0.15, 0.2) is 0 Å². The van der Waals surface area contributed by atoms with Crippen molar-refractivity contribution in [3.05, 3.63) is 0 Å². The zero-order valence-corrected chi connectivity index (χ0v) is 12.6. The van der Waals surface area contributed by atoms with E-state index in [0.717, 1.165) is 25.9 Å². The summed E-state index contributed by atoms with van der Waals surface area (Å²) in [7, 11) is 0. The average molecular weight is 282 g/mol. The van der Waals surface area contributed by atoms with Crippen molar-refractivity contribution < 1.29 is 14.3 Å². The first kappa shape index (κ1) is 15.3. The lowest BCUT2D eigenvalue weighted by atomic mass is 9.91. The summed E-state index contributed by atoms with van der Waals surface area (Å²) >= 11 is 0. The fourth-order valence-corrected chi connectivity index (χ4v) is 3.14. The third kappa shape index (κ3) is 3.14. The second kappa shape index (κ2) is 6.57. The molecule has 1 N–H and O–H groups in total. The van der Waals surface area contributed by atoms with E-state index in [9.17, 15) is 9.59 Å². The number of rotatable bonds is 5. The second-order valence-corrected chi connectivity index (χ2v) is 5.80. The van der Waals surface area contributed by atoms with Crippen LogP contribution in [0, 0.1) is 0 Å². The van der Waals surface area contributed by atoms with Crippen molar-refractivity contribution in [1.82, 2.24) is 10.2 Å². The predicted octanol–water partition coefficient (Wildman–Crippen LogP) is 1.46. The molecule has 0 radical (unpaired) electrons. The number of carbonyl (C=O) groups is 2. The van der Waals surface area contributed by atoms with E-state index in [2.05, 4.69) is 5.32 Å². The summed E-state index contributed by atoms with van der Waals surface area (Å²) in [5.41, 5.74) is -0.704. The van der Waals surface area contributed by atoms with E-state index in [1.807, 2.05) is 18.7 Å². The molecule has 0 aromatic carbocycles. The van der Waals surface area contributed by atoms with Gasteiger partial charge in [0.05, 0.1) is 6.10 Å². The van der Waals surface area contributed by atoms with Crippen LogP contribution < -0.4 is 5.32 Å². The van der Waals surface area contributed by atoms with Crippen LogP contribution in [0.25, 0.3) is 0 Å². The molecule has 1 unspecified atom stereocenters. The van der Waals surface area contributed by atoms with Crippen LogP contribution in [0.1, 0.15) is 52.4 Å². The van der Waals surface area contributed by atoms with Crippen LogP contribution in [0.3, 0.4) is 0 Å². The molecule has 20 heavy (non-hydrogen) atoms. The van der Waals surface area contributed by atoms with Gasteiger partial charge in [0.1, 0.15) is 5.54 Å². The predicted molar refractivity (Wildman–Crippen MR) is 76.2 cm³/mol. The Morgan fingerprint density at radius 3 is 2.70 bits per heavy atom. The summed E-state index contributed by atoms with van der Waals surface area (Å²) in [6.07, 6.45) is 5.06. The number of nitrogens with zero attached hydrogens (tertiary/aromatic N) is 1. The van der Waals surface area contributed by atoms with Crippen LogP contribution in [0.2, 0.25) is 0 Å². The van der Waals surface area contributed by atoms with Gasteiger partial charge in [-0.1, -0.05) is 13.8 Å². The van der Waals surface area contributed by atoms with Crippen LogP contribution in [0.15, 0.2) is 0 Å². The molecule has 0 aromatic heterocycles. The number of carbonyl (C=O) groups excluding carboxylic acids is 2. The lowest BCUT2D eigenvalue weighted by Gasteiger charge is -2.34. The van der Waals surface area contributed by atoms with Gasteiger partial charge in [-0.05, 0) is 32.1 Å². The Hall–Kier alpha value is -1.10. The number of ether oxygens (including phenoxy) is 1. The molecule has 1 atom stereocenters. The van der Waals surface area contributed by atoms with Crippen LogP contribution >= 0.6 is 0 Å². The third-order valence-corrected chi connectivity index (χ3v) is 4.64. The lowest BCUT2D eigenvalue weighted by Crippen LogP contribution is -2.56. The highest BCUT2D eigenvalue weighted by molar-refractivity contribution is 5.93. The van der Waals surface area contributed by atoms with Crippen molar-refractivity contribution in [1.29, 1.82) is 0 Å². The molecule has 5 heteroatoms. The van der Waals surface area contributed by atoms with Crippen LogP contribution in [-0.2, 0) is 14.3 Å². The number of hydrogen-bond acceptors (Lipinski definition) is 3. The fraction of sp³-hybridized carbons (Fsp3) is 0.867. The SMILES string of the molecule is CCC1(CC)NC(=O)CCN(CCC2CCCO2)C1=O. The van der Waals surface area contributed by atoms with Crippen LogP contribution in [0.4, 0.5) is 0 Å². The summed E-state index contributed by atoms with van der Waals surface area (Å²) in [6, 6.07) is 0. The molecule has 0 saturated carbocycles. The van der Waals surface area contributed by atoms with Gasteiger partial charge in [0.2, 0.25) is 11.8 Å². The molecule has 0 aliphatic carbocycles. The highest BCUT2D eigenvalue weighted by Crippen LogP contribution is 2.23. The Balaban J connectivity index is 2.02. The standard InChI is InChI=1S/C15H26N2O3/c1-3-15(4-2)14(19)17(10-8-13(18)16-15)9-7-12-6-5-11-20-12/h12H,3-11H2,1-2H3,(H,16,18). The van der Waals surface area contributed by atoms with Gasteiger partial charge in [0, 0.05) is 26.1 Å². The summed E-state index contributed by atoms with van der Waals surface area (Å²) in [5.74, 6) is 0.0630. The molecule has 2 aliphatic heterocycles. The third-order valence-electron chi connectivity index (χ3n) is 4.64. The molecule has 0 bridgehead atoms. The van der Waals surface area contributed by atoms with Crippen molar-refractivity contribution in [3.8, 4) is 0 Å². The number of nitrogens with one attached hydrogen (secondary N) is 1. The molecular weight excluding hydrogens is 256 g/mol. The maximum absolute atomic E-state index is 12.8. The van der Waals surface area contributed by atoms with Crippen molar-refractivity contribution in [3.63, 3.8) is 0 Å². The Kier molecular flexibility index (Phi) is 5.02.